The van der Waals surface area contributed by atoms with Crippen molar-refractivity contribution >= 4 is 15.7 Å². The van der Waals surface area contributed by atoms with E-state index in [0.717, 1.165) is 24.3 Å². The van der Waals surface area contributed by atoms with Crippen molar-refractivity contribution in [2.75, 3.05) is 11.8 Å². The Morgan fingerprint density at radius 3 is 2.22 bits per heavy atom. The summed E-state index contributed by atoms with van der Waals surface area (Å²) in [5.41, 5.74) is 0.182. The number of nitrogens with one attached hydrogen (secondary N) is 1. The number of alkyl halides is 3. The maximum atomic E-state index is 12.1. The Balaban J connectivity index is 2.15. The molecule has 1 aromatic heterocycles. The largest absolute Gasteiger partial charge is 0.573 e. The van der Waals surface area contributed by atoms with Gasteiger partial charge in [-0.15, -0.1) is 13.2 Å². The van der Waals surface area contributed by atoms with Gasteiger partial charge in [0.1, 0.15) is 5.75 Å². The highest BCUT2D eigenvalue weighted by atomic mass is 32.2. The molecule has 6 nitrogen and oxygen atoms in total. The Hall–Kier alpha value is -2.49. The van der Waals surface area contributed by atoms with Gasteiger partial charge < -0.3 is 9.47 Å². The van der Waals surface area contributed by atoms with E-state index in [1.807, 2.05) is 0 Å². The van der Waals surface area contributed by atoms with Crippen molar-refractivity contribution in [3.05, 3.63) is 42.6 Å². The van der Waals surface area contributed by atoms with Crippen LogP contribution >= 0.6 is 0 Å². The first-order valence-electron chi connectivity index (χ1n) is 6.08. The van der Waals surface area contributed by atoms with E-state index in [2.05, 4.69) is 14.4 Å². The summed E-state index contributed by atoms with van der Waals surface area (Å²) in [6.07, 6.45) is -3.59. The third-order valence-corrected chi connectivity index (χ3v) is 3.96. The number of methoxy groups -OCH3 is 1. The van der Waals surface area contributed by atoms with Crippen LogP contribution in [0.15, 0.2) is 47.5 Å². The van der Waals surface area contributed by atoms with E-state index in [-0.39, 0.29) is 10.6 Å². The summed E-state index contributed by atoms with van der Waals surface area (Å²) in [7, 11) is -2.55. The smallest absolute Gasteiger partial charge is 0.481 e. The number of benzene rings is 1. The molecule has 1 heterocycles. The van der Waals surface area contributed by atoms with Gasteiger partial charge in [-0.25, -0.2) is 13.4 Å². The monoisotopic (exact) mass is 348 g/mol. The van der Waals surface area contributed by atoms with Crippen molar-refractivity contribution in [1.82, 2.24) is 4.98 Å². The van der Waals surface area contributed by atoms with Crippen LogP contribution in [0.4, 0.5) is 18.9 Å². The van der Waals surface area contributed by atoms with E-state index in [4.69, 9.17) is 4.74 Å². The molecule has 0 unspecified atom stereocenters. The molecule has 10 heteroatoms. The lowest BCUT2D eigenvalue weighted by Crippen LogP contribution is -2.17. The Bertz CT molecular complexity index is 759. The Kier molecular flexibility index (Phi) is 4.64. The normalized spacial score (nSPS) is 11.8. The zero-order valence-corrected chi connectivity index (χ0v) is 12.5. The van der Waals surface area contributed by atoms with E-state index in [9.17, 15) is 21.6 Å². The van der Waals surface area contributed by atoms with Crippen LogP contribution < -0.4 is 14.2 Å². The minimum atomic E-state index is -4.84. The van der Waals surface area contributed by atoms with Crippen LogP contribution in [0.1, 0.15) is 0 Å². The van der Waals surface area contributed by atoms with Gasteiger partial charge in [0.25, 0.3) is 10.0 Å². The molecule has 0 spiro atoms. The summed E-state index contributed by atoms with van der Waals surface area (Å²) in [5, 5.41) is 0. The van der Waals surface area contributed by atoms with Crippen molar-refractivity contribution in [1.29, 1.82) is 0 Å². The molecule has 0 saturated heterocycles. The molecular weight excluding hydrogens is 337 g/mol. The van der Waals surface area contributed by atoms with Crippen LogP contribution in [0.25, 0.3) is 0 Å². The number of hydrogen-bond donors (Lipinski definition) is 1. The zero-order chi connectivity index (χ0) is 17.1. The summed E-state index contributed by atoms with van der Waals surface area (Å²) in [6.45, 7) is 0. The van der Waals surface area contributed by atoms with E-state index in [1.54, 1.807) is 0 Å². The molecule has 0 saturated carbocycles. The molecule has 124 valence electrons. The third-order valence-electron chi connectivity index (χ3n) is 2.57. The maximum absolute atomic E-state index is 12.1. The Morgan fingerprint density at radius 1 is 1.09 bits per heavy atom. The van der Waals surface area contributed by atoms with Gasteiger partial charge in [-0.3, -0.25) is 4.72 Å². The molecule has 2 aromatic rings. The van der Waals surface area contributed by atoms with E-state index >= 15 is 0 Å². The number of hydrogen-bond acceptors (Lipinski definition) is 5. The van der Waals surface area contributed by atoms with Gasteiger partial charge in [0.15, 0.2) is 0 Å². The van der Waals surface area contributed by atoms with Gasteiger partial charge in [0.2, 0.25) is 5.88 Å². The third kappa shape index (κ3) is 4.74. The van der Waals surface area contributed by atoms with Gasteiger partial charge in [0, 0.05) is 6.07 Å². The van der Waals surface area contributed by atoms with Crippen molar-refractivity contribution < 1.29 is 31.1 Å². The van der Waals surface area contributed by atoms with Crippen LogP contribution in [-0.4, -0.2) is 26.9 Å². The standard InChI is InChI=1S/C13H11F3N2O4S/c1-21-12-7-2-9(8-17-12)18-23(19,20)11-5-3-10(4-6-11)22-13(14,15)16/h2-8,18H,1H3. The number of sulfonamides is 1. The topological polar surface area (TPSA) is 77.5 Å². The second kappa shape index (κ2) is 6.32. The summed E-state index contributed by atoms with van der Waals surface area (Å²) in [4.78, 5) is 3.62. The van der Waals surface area contributed by atoms with Crippen LogP contribution in [0.2, 0.25) is 0 Å². The molecular formula is C13H11F3N2O4S. The van der Waals surface area contributed by atoms with Crippen molar-refractivity contribution in [2.24, 2.45) is 0 Å². The number of halogens is 3. The number of rotatable bonds is 5. The number of nitrogens with zero attached hydrogens (tertiary/aromatic N) is 1. The quantitative estimate of drug-likeness (QED) is 0.899. The fourth-order valence-electron chi connectivity index (χ4n) is 1.60. The minimum absolute atomic E-state index is 0.182. The highest BCUT2D eigenvalue weighted by Gasteiger charge is 2.31. The number of pyridine rings is 1. The Labute approximate surface area is 129 Å². The number of ether oxygens (including phenoxy) is 2. The van der Waals surface area contributed by atoms with Gasteiger partial charge in [-0.2, -0.15) is 0 Å². The first kappa shape index (κ1) is 16.9. The van der Waals surface area contributed by atoms with E-state index in [0.29, 0.717) is 5.88 Å². The summed E-state index contributed by atoms with van der Waals surface area (Å²) in [6, 6.07) is 6.71. The minimum Gasteiger partial charge on any atom is -0.481 e. The average Bonchev–Trinajstić information content (AvgIpc) is 2.46. The van der Waals surface area contributed by atoms with Crippen LogP contribution in [-0.2, 0) is 10.0 Å². The van der Waals surface area contributed by atoms with E-state index in [1.165, 1.54) is 25.4 Å². The van der Waals surface area contributed by atoms with Crippen LogP contribution in [0.3, 0.4) is 0 Å². The van der Waals surface area contributed by atoms with Crippen molar-refractivity contribution in [3.8, 4) is 11.6 Å². The van der Waals surface area contributed by atoms with Crippen molar-refractivity contribution in [3.63, 3.8) is 0 Å². The first-order chi connectivity index (χ1) is 10.7. The average molecular weight is 348 g/mol. The lowest BCUT2D eigenvalue weighted by Gasteiger charge is -2.10. The van der Waals surface area contributed by atoms with Gasteiger partial charge in [-0.1, -0.05) is 0 Å². The molecule has 0 aliphatic carbocycles. The molecule has 23 heavy (non-hydrogen) atoms. The number of anilines is 1. The lowest BCUT2D eigenvalue weighted by molar-refractivity contribution is -0.274. The molecule has 0 bridgehead atoms. The first-order valence-corrected chi connectivity index (χ1v) is 7.56. The second-order valence-electron chi connectivity index (χ2n) is 4.21. The summed E-state index contributed by atoms with van der Waals surface area (Å²) < 4.78 is 71.2. The molecule has 0 amide bonds. The molecule has 0 atom stereocenters. The van der Waals surface area contributed by atoms with Gasteiger partial charge in [0.05, 0.1) is 23.9 Å². The van der Waals surface area contributed by atoms with E-state index < -0.39 is 22.1 Å². The summed E-state index contributed by atoms with van der Waals surface area (Å²) >= 11 is 0. The van der Waals surface area contributed by atoms with Gasteiger partial charge in [-0.05, 0) is 30.3 Å². The predicted octanol–water partition coefficient (Wildman–Crippen LogP) is 2.79. The second-order valence-corrected chi connectivity index (χ2v) is 5.90. The molecule has 0 aliphatic rings. The van der Waals surface area contributed by atoms with Gasteiger partial charge >= 0.3 is 6.36 Å². The Morgan fingerprint density at radius 2 is 1.74 bits per heavy atom. The predicted molar refractivity (Wildman–Crippen MR) is 74.7 cm³/mol. The molecule has 2 rings (SSSR count). The molecule has 0 aliphatic heterocycles. The maximum Gasteiger partial charge on any atom is 0.573 e. The zero-order valence-electron chi connectivity index (χ0n) is 11.7. The highest BCUT2D eigenvalue weighted by Crippen LogP contribution is 2.24. The molecule has 1 aromatic carbocycles. The van der Waals surface area contributed by atoms with Crippen molar-refractivity contribution in [2.45, 2.75) is 11.3 Å². The molecule has 0 radical (unpaired) electrons. The fraction of sp³-hybridized carbons (Fsp3) is 0.154. The van der Waals surface area contributed by atoms with Crippen LogP contribution in [0.5, 0.6) is 11.6 Å². The SMILES string of the molecule is COc1ccc(NS(=O)(=O)c2ccc(OC(F)(F)F)cc2)cn1. The summed E-state index contributed by atoms with van der Waals surface area (Å²) in [5.74, 6) is -0.204. The lowest BCUT2D eigenvalue weighted by atomic mass is 10.3. The molecule has 1 N–H and O–H groups in total. The van der Waals surface area contributed by atoms with Crippen LogP contribution in [0, 0.1) is 0 Å². The fourth-order valence-corrected chi connectivity index (χ4v) is 2.64. The molecule has 0 fully saturated rings. The highest BCUT2D eigenvalue weighted by molar-refractivity contribution is 7.92. The number of aromatic nitrogens is 1.